The molecule has 0 saturated heterocycles. The lowest BCUT2D eigenvalue weighted by Crippen LogP contribution is -2.34. The zero-order valence-electron chi connectivity index (χ0n) is 13.4. The lowest BCUT2D eigenvalue weighted by molar-refractivity contribution is -0.137. The third kappa shape index (κ3) is 6.46. The van der Waals surface area contributed by atoms with Gasteiger partial charge in [-0.05, 0) is 31.0 Å². The number of amides is 2. The predicted molar refractivity (Wildman–Crippen MR) is 83.7 cm³/mol. The van der Waals surface area contributed by atoms with E-state index < -0.39 is 23.7 Å². The molecule has 2 amide bonds. The smallest absolute Gasteiger partial charge is 0.305 e. The summed E-state index contributed by atoms with van der Waals surface area (Å²) in [6.07, 6.45) is 0.0476. The van der Waals surface area contributed by atoms with Gasteiger partial charge in [-0.25, -0.2) is 4.39 Å². The summed E-state index contributed by atoms with van der Waals surface area (Å²) in [6, 6.07) is 3.11. The Labute approximate surface area is 134 Å². The van der Waals surface area contributed by atoms with Gasteiger partial charge < -0.3 is 15.7 Å². The highest BCUT2D eigenvalue weighted by atomic mass is 19.1. The van der Waals surface area contributed by atoms with Gasteiger partial charge in [-0.2, -0.15) is 0 Å². The summed E-state index contributed by atoms with van der Waals surface area (Å²) in [5.41, 5.74) is 0.0624. The number of aliphatic carboxylic acids is 1. The summed E-state index contributed by atoms with van der Waals surface area (Å²) in [6.45, 7) is 5.30. The van der Waals surface area contributed by atoms with Crippen molar-refractivity contribution in [2.45, 2.75) is 39.7 Å². The summed E-state index contributed by atoms with van der Waals surface area (Å²) >= 11 is 0. The largest absolute Gasteiger partial charge is 0.481 e. The fraction of sp³-hybridized carbons (Fsp3) is 0.438. The van der Waals surface area contributed by atoms with Crippen LogP contribution in [0, 0.1) is 11.7 Å². The van der Waals surface area contributed by atoms with Crippen molar-refractivity contribution in [1.82, 2.24) is 5.32 Å². The molecule has 126 valence electrons. The molecule has 0 aromatic heterocycles. The van der Waals surface area contributed by atoms with Gasteiger partial charge in [0.1, 0.15) is 5.82 Å². The summed E-state index contributed by atoms with van der Waals surface area (Å²) in [4.78, 5) is 34.1. The fourth-order valence-electron chi connectivity index (χ4n) is 1.95. The normalized spacial score (nSPS) is 11.9. The van der Waals surface area contributed by atoms with E-state index in [9.17, 15) is 18.8 Å². The lowest BCUT2D eigenvalue weighted by atomic mass is 10.1. The van der Waals surface area contributed by atoms with Crippen LogP contribution in [0.1, 0.15) is 44.0 Å². The van der Waals surface area contributed by atoms with Crippen molar-refractivity contribution >= 4 is 23.5 Å². The number of carbonyl (C=O) groups excluding carboxylic acids is 2. The highest BCUT2D eigenvalue weighted by molar-refractivity contribution is 5.96. The molecular weight excluding hydrogens is 303 g/mol. The Balaban J connectivity index is 2.73. The summed E-state index contributed by atoms with van der Waals surface area (Å²) in [5, 5.41) is 13.6. The minimum atomic E-state index is -1.04. The maximum absolute atomic E-state index is 14.0. The van der Waals surface area contributed by atoms with Crippen LogP contribution < -0.4 is 10.6 Å². The third-order valence-corrected chi connectivity index (χ3v) is 2.96. The van der Waals surface area contributed by atoms with E-state index in [1.165, 1.54) is 12.1 Å². The molecule has 6 nitrogen and oxygen atoms in total. The molecule has 0 saturated carbocycles. The van der Waals surface area contributed by atoms with Gasteiger partial charge in [0.25, 0.3) is 5.91 Å². The second-order valence-corrected chi connectivity index (χ2v) is 5.81. The Bertz CT molecular complexity index is 602. The quantitative estimate of drug-likeness (QED) is 0.717. The second-order valence-electron chi connectivity index (χ2n) is 5.81. The van der Waals surface area contributed by atoms with E-state index in [0.29, 0.717) is 0 Å². The summed E-state index contributed by atoms with van der Waals surface area (Å²) in [7, 11) is 0. The lowest BCUT2D eigenvalue weighted by Gasteiger charge is -2.13. The molecule has 0 fully saturated rings. The Kier molecular flexibility index (Phi) is 6.68. The van der Waals surface area contributed by atoms with Gasteiger partial charge in [0.05, 0.1) is 12.1 Å². The number of hydrogen-bond acceptors (Lipinski definition) is 3. The molecule has 7 heteroatoms. The van der Waals surface area contributed by atoms with E-state index in [4.69, 9.17) is 5.11 Å². The van der Waals surface area contributed by atoms with Crippen LogP contribution in [0.3, 0.4) is 0 Å². The molecule has 3 N–H and O–H groups in total. The third-order valence-electron chi connectivity index (χ3n) is 2.96. The number of nitrogens with one attached hydrogen (secondary N) is 2. The Morgan fingerprint density at radius 1 is 1.17 bits per heavy atom. The first-order valence-electron chi connectivity index (χ1n) is 7.31. The van der Waals surface area contributed by atoms with Crippen LogP contribution in [0.4, 0.5) is 10.1 Å². The van der Waals surface area contributed by atoms with Gasteiger partial charge in [0.2, 0.25) is 5.91 Å². The highest BCUT2D eigenvalue weighted by Gasteiger charge is 2.15. The Hall–Kier alpha value is -2.44. The van der Waals surface area contributed by atoms with Crippen LogP contribution in [-0.4, -0.2) is 28.9 Å². The van der Waals surface area contributed by atoms with Crippen molar-refractivity contribution < 1.29 is 23.9 Å². The van der Waals surface area contributed by atoms with Crippen LogP contribution in [0.25, 0.3) is 0 Å². The summed E-state index contributed by atoms with van der Waals surface area (Å²) < 4.78 is 14.0. The number of rotatable bonds is 7. The van der Waals surface area contributed by atoms with Crippen LogP contribution >= 0.6 is 0 Å². The number of benzene rings is 1. The van der Waals surface area contributed by atoms with Gasteiger partial charge in [-0.3, -0.25) is 14.4 Å². The molecule has 0 spiro atoms. The number of halogens is 1. The zero-order valence-corrected chi connectivity index (χ0v) is 13.4. The number of carboxylic acids is 1. The molecule has 0 aliphatic heterocycles. The van der Waals surface area contributed by atoms with Crippen molar-refractivity contribution in [3.05, 3.63) is 29.6 Å². The minimum absolute atomic E-state index is 0.00536. The van der Waals surface area contributed by atoms with Crippen molar-refractivity contribution in [2.75, 3.05) is 5.32 Å². The number of carbonyl (C=O) groups is 3. The molecule has 1 unspecified atom stereocenters. The van der Waals surface area contributed by atoms with Crippen LogP contribution in [0.5, 0.6) is 0 Å². The average molecular weight is 324 g/mol. The predicted octanol–water partition coefficient (Wildman–Crippen LogP) is 2.40. The van der Waals surface area contributed by atoms with Gasteiger partial charge in [0, 0.05) is 18.0 Å². The van der Waals surface area contributed by atoms with E-state index in [-0.39, 0.29) is 35.9 Å². The number of carboxylic acid groups (broad SMARTS) is 1. The van der Waals surface area contributed by atoms with E-state index in [1.54, 1.807) is 6.92 Å². The number of anilines is 1. The second kappa shape index (κ2) is 8.26. The molecule has 23 heavy (non-hydrogen) atoms. The first kappa shape index (κ1) is 18.6. The molecule has 1 aromatic carbocycles. The van der Waals surface area contributed by atoms with Gasteiger partial charge in [-0.1, -0.05) is 13.8 Å². The fourth-order valence-corrected chi connectivity index (χ4v) is 1.95. The van der Waals surface area contributed by atoms with E-state index in [1.807, 2.05) is 13.8 Å². The van der Waals surface area contributed by atoms with Crippen LogP contribution in [0.15, 0.2) is 18.2 Å². The first-order valence-corrected chi connectivity index (χ1v) is 7.31. The van der Waals surface area contributed by atoms with Gasteiger partial charge in [-0.15, -0.1) is 0 Å². The summed E-state index contributed by atoms with van der Waals surface area (Å²) in [5.74, 6) is -2.48. The standard InChI is InChI=1S/C16H21FN2O4/c1-9(2)6-14(20)19-13-5-4-11(8-12(13)17)16(23)18-10(3)7-15(21)22/h4-5,8-10H,6-7H2,1-3H3,(H,18,23)(H,19,20)(H,21,22). The molecule has 0 heterocycles. The van der Waals surface area contributed by atoms with Crippen molar-refractivity contribution in [3.8, 4) is 0 Å². The zero-order chi connectivity index (χ0) is 17.6. The molecule has 0 aliphatic carbocycles. The topological polar surface area (TPSA) is 95.5 Å². The molecule has 0 radical (unpaired) electrons. The highest BCUT2D eigenvalue weighted by Crippen LogP contribution is 2.17. The monoisotopic (exact) mass is 324 g/mol. The number of hydrogen-bond donors (Lipinski definition) is 3. The molecule has 1 atom stereocenters. The Morgan fingerprint density at radius 3 is 2.35 bits per heavy atom. The maximum atomic E-state index is 14.0. The van der Waals surface area contributed by atoms with Gasteiger partial charge in [0.15, 0.2) is 0 Å². The molecule has 0 aliphatic rings. The van der Waals surface area contributed by atoms with Crippen molar-refractivity contribution in [3.63, 3.8) is 0 Å². The van der Waals surface area contributed by atoms with Crippen LogP contribution in [-0.2, 0) is 9.59 Å². The van der Waals surface area contributed by atoms with E-state index in [0.717, 1.165) is 6.07 Å². The van der Waals surface area contributed by atoms with Crippen molar-refractivity contribution in [1.29, 1.82) is 0 Å². The molecule has 1 aromatic rings. The molecule has 1 rings (SSSR count). The first-order chi connectivity index (χ1) is 10.7. The average Bonchev–Trinajstić information content (AvgIpc) is 2.38. The van der Waals surface area contributed by atoms with E-state index in [2.05, 4.69) is 10.6 Å². The minimum Gasteiger partial charge on any atom is -0.481 e. The van der Waals surface area contributed by atoms with Crippen molar-refractivity contribution in [2.24, 2.45) is 5.92 Å². The Morgan fingerprint density at radius 2 is 1.83 bits per heavy atom. The molecule has 0 bridgehead atoms. The van der Waals surface area contributed by atoms with Crippen LogP contribution in [0.2, 0.25) is 0 Å². The van der Waals surface area contributed by atoms with Gasteiger partial charge >= 0.3 is 5.97 Å². The molecular formula is C16H21FN2O4. The maximum Gasteiger partial charge on any atom is 0.305 e. The SMILES string of the molecule is CC(C)CC(=O)Nc1ccc(C(=O)NC(C)CC(=O)O)cc1F. The van der Waals surface area contributed by atoms with E-state index >= 15 is 0 Å².